The van der Waals surface area contributed by atoms with E-state index >= 15 is 0 Å². The fraction of sp³-hybridized carbons (Fsp3) is 0.625. The van der Waals surface area contributed by atoms with Gasteiger partial charge in [0, 0.05) is 36.6 Å². The van der Waals surface area contributed by atoms with Crippen LogP contribution in [0, 0.1) is 5.92 Å². The van der Waals surface area contributed by atoms with Gasteiger partial charge in [-0.25, -0.2) is 0 Å². The van der Waals surface area contributed by atoms with E-state index < -0.39 is 11.8 Å². The lowest BCUT2D eigenvalue weighted by atomic mass is 9.78. The van der Waals surface area contributed by atoms with Crippen molar-refractivity contribution in [1.82, 2.24) is 10.6 Å². The molecule has 5 nitrogen and oxygen atoms in total. The molecule has 2 heterocycles. The van der Waals surface area contributed by atoms with Crippen LogP contribution in [0.3, 0.4) is 0 Å². The minimum atomic E-state index is -0.554. The lowest BCUT2D eigenvalue weighted by molar-refractivity contribution is -0.139. The smallest absolute Gasteiger partial charge is 0.309 e. The number of hydrogen-bond donors (Lipinski definition) is 2. The highest BCUT2D eigenvalue weighted by Gasteiger charge is 2.36. The number of rotatable bonds is 5. The van der Waals surface area contributed by atoms with Crippen LogP contribution in [0.1, 0.15) is 31.6 Å². The van der Waals surface area contributed by atoms with E-state index in [-0.39, 0.29) is 5.41 Å². The first-order valence-electron chi connectivity index (χ1n) is 7.71. The van der Waals surface area contributed by atoms with Gasteiger partial charge >= 0.3 is 11.8 Å². The predicted molar refractivity (Wildman–Crippen MR) is 86.9 cm³/mol. The molecule has 1 saturated heterocycles. The molecule has 2 rings (SSSR count). The summed E-state index contributed by atoms with van der Waals surface area (Å²) in [6.07, 6.45) is 1.73. The van der Waals surface area contributed by atoms with Crippen molar-refractivity contribution in [2.75, 3.05) is 26.3 Å². The van der Waals surface area contributed by atoms with Gasteiger partial charge in [-0.3, -0.25) is 9.59 Å². The maximum absolute atomic E-state index is 12.0. The number of carbonyl (C=O) groups excluding carboxylic acids is 2. The van der Waals surface area contributed by atoms with Crippen molar-refractivity contribution in [3.8, 4) is 0 Å². The van der Waals surface area contributed by atoms with Gasteiger partial charge in [0.25, 0.3) is 0 Å². The van der Waals surface area contributed by atoms with Crippen molar-refractivity contribution in [2.24, 2.45) is 5.92 Å². The van der Waals surface area contributed by atoms with E-state index in [1.54, 1.807) is 11.3 Å². The third-order valence-corrected chi connectivity index (χ3v) is 5.07. The number of ether oxygens (including phenoxy) is 1. The van der Waals surface area contributed by atoms with Crippen molar-refractivity contribution >= 4 is 23.2 Å². The molecule has 2 amide bonds. The summed E-state index contributed by atoms with van der Waals surface area (Å²) in [6.45, 7) is 6.35. The van der Waals surface area contributed by atoms with Gasteiger partial charge in [-0.05, 0) is 30.2 Å². The van der Waals surface area contributed by atoms with Crippen LogP contribution < -0.4 is 10.6 Å². The summed E-state index contributed by atoms with van der Waals surface area (Å²) >= 11 is 1.70. The summed E-state index contributed by atoms with van der Waals surface area (Å²) in [5.41, 5.74) is -0.111. The van der Waals surface area contributed by atoms with Crippen LogP contribution in [-0.2, 0) is 19.7 Å². The monoisotopic (exact) mass is 324 g/mol. The highest BCUT2D eigenvalue weighted by atomic mass is 32.1. The second-order valence-electron chi connectivity index (χ2n) is 6.16. The van der Waals surface area contributed by atoms with E-state index in [9.17, 15) is 9.59 Å². The van der Waals surface area contributed by atoms with Crippen LogP contribution in [0.15, 0.2) is 17.5 Å². The van der Waals surface area contributed by atoms with Crippen LogP contribution >= 0.6 is 11.3 Å². The molecule has 6 heteroatoms. The lowest BCUT2D eigenvalue weighted by Crippen LogP contribution is -2.48. The van der Waals surface area contributed by atoms with Gasteiger partial charge in [-0.2, -0.15) is 0 Å². The van der Waals surface area contributed by atoms with E-state index in [1.807, 2.05) is 25.3 Å². The zero-order chi connectivity index (χ0) is 16.0. The van der Waals surface area contributed by atoms with Gasteiger partial charge in [0.1, 0.15) is 0 Å². The number of thiophene rings is 1. The van der Waals surface area contributed by atoms with Gasteiger partial charge < -0.3 is 15.4 Å². The zero-order valence-electron chi connectivity index (χ0n) is 13.2. The Morgan fingerprint density at radius 3 is 2.55 bits per heavy atom. The van der Waals surface area contributed by atoms with Gasteiger partial charge in [-0.15, -0.1) is 11.3 Å². The van der Waals surface area contributed by atoms with E-state index in [4.69, 9.17) is 4.74 Å². The Morgan fingerprint density at radius 1 is 1.27 bits per heavy atom. The molecule has 0 spiro atoms. The van der Waals surface area contributed by atoms with Crippen molar-refractivity contribution in [1.29, 1.82) is 0 Å². The highest BCUT2D eigenvalue weighted by Crippen LogP contribution is 2.36. The Labute approximate surface area is 135 Å². The quantitative estimate of drug-likeness (QED) is 0.810. The molecule has 0 unspecified atom stereocenters. The van der Waals surface area contributed by atoms with E-state index in [1.165, 1.54) is 4.88 Å². The van der Waals surface area contributed by atoms with Crippen molar-refractivity contribution in [2.45, 2.75) is 32.1 Å². The van der Waals surface area contributed by atoms with Crippen LogP contribution in [-0.4, -0.2) is 38.1 Å². The molecule has 1 fully saturated rings. The molecule has 0 aliphatic carbocycles. The molecule has 0 bridgehead atoms. The molecule has 1 aliphatic heterocycles. The summed E-state index contributed by atoms with van der Waals surface area (Å²) in [7, 11) is 0. The molecular weight excluding hydrogens is 300 g/mol. The van der Waals surface area contributed by atoms with Gasteiger partial charge in [-0.1, -0.05) is 19.9 Å². The number of carbonyl (C=O) groups is 2. The second kappa shape index (κ2) is 7.74. The van der Waals surface area contributed by atoms with Gasteiger partial charge in [0.05, 0.1) is 0 Å². The molecule has 1 aromatic heterocycles. The molecule has 0 radical (unpaired) electrons. The van der Waals surface area contributed by atoms with Crippen molar-refractivity contribution in [3.63, 3.8) is 0 Å². The molecule has 0 aromatic carbocycles. The average Bonchev–Trinajstić information content (AvgIpc) is 3.06. The Balaban J connectivity index is 1.94. The largest absolute Gasteiger partial charge is 0.381 e. The summed E-state index contributed by atoms with van der Waals surface area (Å²) in [5.74, 6) is -0.783. The first-order chi connectivity index (χ1) is 10.5. The third kappa shape index (κ3) is 4.30. The third-order valence-electron chi connectivity index (χ3n) is 3.96. The molecule has 2 N–H and O–H groups in total. The van der Waals surface area contributed by atoms with Gasteiger partial charge in [0.2, 0.25) is 0 Å². The maximum atomic E-state index is 12.0. The molecule has 1 aromatic rings. The molecule has 1 aliphatic rings. The molecule has 22 heavy (non-hydrogen) atoms. The summed E-state index contributed by atoms with van der Waals surface area (Å²) < 4.78 is 5.45. The average molecular weight is 324 g/mol. The Morgan fingerprint density at radius 2 is 1.95 bits per heavy atom. The van der Waals surface area contributed by atoms with Crippen molar-refractivity contribution in [3.05, 3.63) is 22.4 Å². The van der Waals surface area contributed by atoms with Crippen LogP contribution in [0.5, 0.6) is 0 Å². The number of hydrogen-bond acceptors (Lipinski definition) is 4. The second-order valence-corrected chi connectivity index (χ2v) is 7.10. The normalized spacial score (nSPS) is 17.2. The topological polar surface area (TPSA) is 67.4 Å². The molecule has 0 saturated carbocycles. The molecular formula is C16H24N2O3S. The standard InChI is InChI=1S/C16H24N2O3S/c1-12(2)10-17-14(19)15(20)18-11-16(5-7-21-8-6-16)13-4-3-9-22-13/h3-4,9,12H,5-8,10-11H2,1-2H3,(H,17,19)(H,18,20). The van der Waals surface area contributed by atoms with E-state index in [0.717, 1.165) is 12.8 Å². The summed E-state index contributed by atoms with van der Waals surface area (Å²) in [5, 5.41) is 7.49. The minimum Gasteiger partial charge on any atom is -0.381 e. The fourth-order valence-electron chi connectivity index (χ4n) is 2.56. The number of nitrogens with one attached hydrogen (secondary N) is 2. The van der Waals surface area contributed by atoms with E-state index in [2.05, 4.69) is 16.7 Å². The first-order valence-corrected chi connectivity index (χ1v) is 8.59. The van der Waals surface area contributed by atoms with Crippen LogP contribution in [0.25, 0.3) is 0 Å². The maximum Gasteiger partial charge on any atom is 0.309 e. The first kappa shape index (κ1) is 17.0. The summed E-state index contributed by atoms with van der Waals surface area (Å²) in [6, 6.07) is 4.12. The molecule has 122 valence electrons. The Kier molecular flexibility index (Phi) is 5.97. The summed E-state index contributed by atoms with van der Waals surface area (Å²) in [4.78, 5) is 25.0. The molecule has 0 atom stereocenters. The van der Waals surface area contributed by atoms with E-state index in [0.29, 0.717) is 32.2 Å². The highest BCUT2D eigenvalue weighted by molar-refractivity contribution is 7.10. The van der Waals surface area contributed by atoms with Crippen LogP contribution in [0.4, 0.5) is 0 Å². The fourth-order valence-corrected chi connectivity index (χ4v) is 3.55. The number of amides is 2. The van der Waals surface area contributed by atoms with Gasteiger partial charge in [0.15, 0.2) is 0 Å². The minimum absolute atomic E-state index is 0.111. The zero-order valence-corrected chi connectivity index (χ0v) is 14.0. The lowest BCUT2D eigenvalue weighted by Gasteiger charge is -2.36. The predicted octanol–water partition coefficient (Wildman–Crippen LogP) is 1.68. The Hall–Kier alpha value is -1.40. The SMILES string of the molecule is CC(C)CNC(=O)C(=O)NCC1(c2cccs2)CCOCC1. The van der Waals surface area contributed by atoms with Crippen LogP contribution in [0.2, 0.25) is 0 Å². The van der Waals surface area contributed by atoms with Crippen molar-refractivity contribution < 1.29 is 14.3 Å². The Bertz CT molecular complexity index is 493.